The van der Waals surface area contributed by atoms with Gasteiger partial charge in [-0.2, -0.15) is 0 Å². The van der Waals surface area contributed by atoms with Crippen molar-refractivity contribution in [3.8, 4) is 0 Å². The average molecular weight is 435 g/mol. The summed E-state index contributed by atoms with van der Waals surface area (Å²) in [4.78, 5) is 43.1. The van der Waals surface area contributed by atoms with E-state index in [1.807, 2.05) is 5.38 Å². The number of hydrogen-bond donors (Lipinski definition) is 1. The van der Waals surface area contributed by atoms with Crippen LogP contribution in [0.3, 0.4) is 0 Å². The van der Waals surface area contributed by atoms with E-state index in [-0.39, 0.29) is 22.5 Å². The number of anilines is 1. The average Bonchev–Trinajstić information content (AvgIpc) is 3.12. The van der Waals surface area contributed by atoms with Crippen LogP contribution in [0, 0.1) is 0 Å². The van der Waals surface area contributed by atoms with Crippen LogP contribution < -0.4 is 10.9 Å². The van der Waals surface area contributed by atoms with Crippen LogP contribution in [0.4, 0.5) is 10.5 Å². The van der Waals surface area contributed by atoms with Crippen molar-refractivity contribution in [1.29, 1.82) is 0 Å². The van der Waals surface area contributed by atoms with Crippen molar-refractivity contribution in [3.63, 3.8) is 0 Å². The van der Waals surface area contributed by atoms with Crippen molar-refractivity contribution >= 4 is 56.7 Å². The molecule has 3 rings (SSSR count). The molecule has 0 atom stereocenters. The molecule has 28 heavy (non-hydrogen) atoms. The lowest BCUT2D eigenvalue weighted by molar-refractivity contribution is -0.113. The number of benzene rings is 1. The van der Waals surface area contributed by atoms with Gasteiger partial charge in [0.2, 0.25) is 5.91 Å². The molecule has 0 spiro atoms. The van der Waals surface area contributed by atoms with Gasteiger partial charge in [-0.25, -0.2) is 4.98 Å². The Balaban J connectivity index is 1.48. The highest BCUT2D eigenvalue weighted by Crippen LogP contribution is 2.22. The standard InChI is InChI=1S/C18H18N4O3S3/c1-21(2)18(25)28-14-5-3-12(4-6-14)19-15(23)11-26-10-13-9-16(24)22-7-8-27-17(22)20-13/h3-9H,10-11H2,1-2H3,(H,19,23). The van der Waals surface area contributed by atoms with E-state index in [1.165, 1.54) is 38.5 Å². The van der Waals surface area contributed by atoms with Crippen molar-refractivity contribution in [2.45, 2.75) is 10.6 Å². The number of carbonyl (C=O) groups excluding carboxylic acids is 2. The Bertz CT molecular complexity index is 1040. The summed E-state index contributed by atoms with van der Waals surface area (Å²) < 4.78 is 1.50. The number of thioether (sulfide) groups is 2. The molecule has 3 aromatic rings. The Labute approximate surface area is 174 Å². The molecule has 2 amide bonds. The van der Waals surface area contributed by atoms with Gasteiger partial charge in [-0.05, 0) is 36.0 Å². The predicted molar refractivity (Wildman–Crippen MR) is 116 cm³/mol. The van der Waals surface area contributed by atoms with Gasteiger partial charge in [0.05, 0.1) is 11.4 Å². The van der Waals surface area contributed by atoms with E-state index in [0.29, 0.717) is 22.1 Å². The smallest absolute Gasteiger partial charge is 0.285 e. The zero-order valence-electron chi connectivity index (χ0n) is 15.2. The van der Waals surface area contributed by atoms with E-state index in [2.05, 4.69) is 10.3 Å². The molecule has 1 N–H and O–H groups in total. The van der Waals surface area contributed by atoms with Gasteiger partial charge in [-0.15, -0.1) is 23.1 Å². The first-order chi connectivity index (χ1) is 13.4. The summed E-state index contributed by atoms with van der Waals surface area (Å²) in [7, 11) is 3.40. The minimum absolute atomic E-state index is 0.0535. The van der Waals surface area contributed by atoms with Gasteiger partial charge in [0.1, 0.15) is 0 Å². The van der Waals surface area contributed by atoms with Crippen molar-refractivity contribution in [2.75, 3.05) is 25.2 Å². The summed E-state index contributed by atoms with van der Waals surface area (Å²) in [6.07, 6.45) is 1.69. The first-order valence-corrected chi connectivity index (χ1v) is 11.1. The quantitative estimate of drug-likeness (QED) is 0.599. The normalized spacial score (nSPS) is 10.8. The van der Waals surface area contributed by atoms with Crippen LogP contribution in [0.15, 0.2) is 51.6 Å². The number of thiazole rings is 1. The number of fused-ring (bicyclic) bond motifs is 1. The maximum Gasteiger partial charge on any atom is 0.285 e. The van der Waals surface area contributed by atoms with Crippen molar-refractivity contribution in [1.82, 2.24) is 14.3 Å². The maximum atomic E-state index is 12.1. The van der Waals surface area contributed by atoms with Crippen LogP contribution in [-0.4, -0.2) is 45.3 Å². The molecule has 146 valence electrons. The highest BCUT2D eigenvalue weighted by Gasteiger charge is 2.08. The highest BCUT2D eigenvalue weighted by atomic mass is 32.2. The zero-order valence-corrected chi connectivity index (χ0v) is 17.7. The fraction of sp³-hybridized carbons (Fsp3) is 0.222. The Morgan fingerprint density at radius 2 is 2.00 bits per heavy atom. The van der Waals surface area contributed by atoms with Crippen LogP contribution in [-0.2, 0) is 10.5 Å². The van der Waals surface area contributed by atoms with E-state index in [9.17, 15) is 14.4 Å². The van der Waals surface area contributed by atoms with Crippen LogP contribution in [0.1, 0.15) is 5.69 Å². The van der Waals surface area contributed by atoms with Crippen LogP contribution in [0.5, 0.6) is 0 Å². The third-order valence-corrected chi connectivity index (χ3v) is 6.32. The Kier molecular flexibility index (Phi) is 6.76. The number of nitrogens with one attached hydrogen (secondary N) is 1. The van der Waals surface area contributed by atoms with Gasteiger partial charge in [0.25, 0.3) is 10.8 Å². The first-order valence-electron chi connectivity index (χ1n) is 8.25. The Morgan fingerprint density at radius 3 is 2.71 bits per heavy atom. The number of aromatic nitrogens is 2. The summed E-state index contributed by atoms with van der Waals surface area (Å²) in [6.45, 7) is 0. The van der Waals surface area contributed by atoms with Crippen LogP contribution >= 0.6 is 34.9 Å². The van der Waals surface area contributed by atoms with Crippen molar-refractivity contribution < 1.29 is 9.59 Å². The van der Waals surface area contributed by atoms with Gasteiger partial charge in [0, 0.05) is 48.1 Å². The van der Waals surface area contributed by atoms with E-state index in [1.54, 1.807) is 44.6 Å². The molecule has 2 aromatic heterocycles. The summed E-state index contributed by atoms with van der Waals surface area (Å²) in [5.74, 6) is 0.601. The Hall–Kier alpha value is -2.30. The molecule has 0 saturated heterocycles. The molecule has 0 radical (unpaired) electrons. The molecule has 0 unspecified atom stereocenters. The first kappa shape index (κ1) is 20.4. The molecule has 1 aromatic carbocycles. The number of rotatable bonds is 6. The monoisotopic (exact) mass is 434 g/mol. The van der Waals surface area contributed by atoms with Gasteiger partial charge in [-0.1, -0.05) is 0 Å². The number of hydrogen-bond acceptors (Lipinski definition) is 7. The van der Waals surface area contributed by atoms with E-state index >= 15 is 0 Å². The lowest BCUT2D eigenvalue weighted by atomic mass is 10.3. The molecule has 2 heterocycles. The number of carbonyl (C=O) groups is 2. The fourth-order valence-electron chi connectivity index (χ4n) is 2.21. The van der Waals surface area contributed by atoms with E-state index in [4.69, 9.17) is 0 Å². The SMILES string of the molecule is CN(C)C(=O)Sc1ccc(NC(=O)CSCc2cc(=O)n3ccsc3n2)cc1. The number of nitrogens with zero attached hydrogens (tertiary/aromatic N) is 3. The van der Waals surface area contributed by atoms with Crippen molar-refractivity contribution in [2.24, 2.45) is 0 Å². The molecule has 0 saturated carbocycles. The topological polar surface area (TPSA) is 83.8 Å². The summed E-state index contributed by atoms with van der Waals surface area (Å²) in [5.41, 5.74) is 1.22. The second-order valence-electron chi connectivity index (χ2n) is 5.97. The van der Waals surface area contributed by atoms with Gasteiger partial charge >= 0.3 is 0 Å². The van der Waals surface area contributed by atoms with Gasteiger partial charge in [0.15, 0.2) is 4.96 Å². The molecule has 0 bridgehead atoms. The second kappa shape index (κ2) is 9.26. The largest absolute Gasteiger partial charge is 0.339 e. The molecule has 10 heteroatoms. The zero-order chi connectivity index (χ0) is 20.1. The molecule has 0 aliphatic carbocycles. The second-order valence-corrected chi connectivity index (χ2v) is 8.85. The minimum atomic E-state index is -0.135. The lowest BCUT2D eigenvalue weighted by Crippen LogP contribution is -2.16. The maximum absolute atomic E-state index is 12.1. The molecular weight excluding hydrogens is 416 g/mol. The third kappa shape index (κ3) is 5.37. The minimum Gasteiger partial charge on any atom is -0.339 e. The molecule has 0 fully saturated rings. The molecular formula is C18H18N4O3S3. The summed E-state index contributed by atoms with van der Waals surface area (Å²) >= 11 is 3.93. The van der Waals surface area contributed by atoms with E-state index in [0.717, 1.165) is 16.7 Å². The Morgan fingerprint density at radius 1 is 1.25 bits per heavy atom. The summed E-state index contributed by atoms with van der Waals surface area (Å²) in [5, 5.41) is 4.58. The fourth-order valence-corrected chi connectivity index (χ4v) is 4.32. The van der Waals surface area contributed by atoms with Crippen LogP contribution in [0.25, 0.3) is 4.96 Å². The van der Waals surface area contributed by atoms with Crippen LogP contribution in [0.2, 0.25) is 0 Å². The molecule has 0 aliphatic rings. The summed E-state index contributed by atoms with van der Waals surface area (Å²) in [6, 6.07) is 8.61. The van der Waals surface area contributed by atoms with Crippen molar-refractivity contribution in [3.05, 3.63) is 58.0 Å². The highest BCUT2D eigenvalue weighted by molar-refractivity contribution is 8.13. The van der Waals surface area contributed by atoms with Gasteiger partial charge < -0.3 is 10.2 Å². The lowest BCUT2D eigenvalue weighted by Gasteiger charge is -2.10. The number of amides is 2. The van der Waals surface area contributed by atoms with E-state index < -0.39 is 0 Å². The predicted octanol–water partition coefficient (Wildman–Crippen LogP) is 3.40. The molecule has 7 nitrogen and oxygen atoms in total. The van der Waals surface area contributed by atoms with Gasteiger partial charge in [-0.3, -0.25) is 18.8 Å². The third-order valence-electron chi connectivity index (χ3n) is 3.55. The molecule has 0 aliphatic heterocycles.